The van der Waals surface area contributed by atoms with Crippen molar-refractivity contribution < 1.29 is 4.79 Å². The summed E-state index contributed by atoms with van der Waals surface area (Å²) in [7, 11) is 0. The second kappa shape index (κ2) is 6.68. The van der Waals surface area contributed by atoms with Gasteiger partial charge < -0.3 is 10.6 Å². The Labute approximate surface area is 125 Å². The highest BCUT2D eigenvalue weighted by Gasteiger charge is 2.22. The highest BCUT2D eigenvalue weighted by molar-refractivity contribution is 5.82. The van der Waals surface area contributed by atoms with Crippen molar-refractivity contribution in [3.63, 3.8) is 0 Å². The molecule has 1 aromatic heterocycles. The molecule has 1 aliphatic rings. The number of pyridine rings is 1. The van der Waals surface area contributed by atoms with Crippen molar-refractivity contribution in [1.29, 1.82) is 0 Å². The Hall–Kier alpha value is -1.94. The van der Waals surface area contributed by atoms with Gasteiger partial charge in [0.1, 0.15) is 0 Å². The number of hydrogen-bond acceptors (Lipinski definition) is 3. The van der Waals surface area contributed by atoms with Gasteiger partial charge in [0.25, 0.3) is 0 Å². The second-order valence-corrected chi connectivity index (χ2v) is 5.68. The summed E-state index contributed by atoms with van der Waals surface area (Å²) in [5.74, 6) is 0.192. The summed E-state index contributed by atoms with van der Waals surface area (Å²) in [5, 5.41) is 8.79. The summed E-state index contributed by atoms with van der Waals surface area (Å²) in [5.41, 5.74) is 1.26. The van der Waals surface area contributed by atoms with Crippen LogP contribution in [0.5, 0.6) is 0 Å². The fourth-order valence-electron chi connectivity index (χ4n) is 2.38. The molecule has 0 atom stereocenters. The predicted molar refractivity (Wildman–Crippen MR) is 83.8 cm³/mol. The Morgan fingerprint density at radius 2 is 2.14 bits per heavy atom. The molecule has 21 heavy (non-hydrogen) atoms. The Morgan fingerprint density at radius 3 is 3.00 bits per heavy atom. The Morgan fingerprint density at radius 1 is 1.24 bits per heavy atom. The average Bonchev–Trinajstić information content (AvgIpc) is 3.30. The summed E-state index contributed by atoms with van der Waals surface area (Å²) in [6, 6.07) is 8.90. The number of nitrogens with one attached hydrogen (secondary N) is 2. The minimum atomic E-state index is 0.192. The van der Waals surface area contributed by atoms with E-state index in [-0.39, 0.29) is 5.91 Å². The van der Waals surface area contributed by atoms with Crippen LogP contribution in [0.3, 0.4) is 0 Å². The van der Waals surface area contributed by atoms with Gasteiger partial charge in [-0.3, -0.25) is 9.78 Å². The van der Waals surface area contributed by atoms with E-state index in [0.29, 0.717) is 12.5 Å². The monoisotopic (exact) mass is 283 g/mol. The molecule has 1 aliphatic carbocycles. The third kappa shape index (κ3) is 4.26. The summed E-state index contributed by atoms with van der Waals surface area (Å²) < 4.78 is 0. The van der Waals surface area contributed by atoms with Crippen LogP contribution in [-0.2, 0) is 11.3 Å². The molecule has 110 valence electrons. The van der Waals surface area contributed by atoms with E-state index in [1.165, 1.54) is 10.9 Å². The van der Waals surface area contributed by atoms with E-state index in [9.17, 15) is 4.79 Å². The third-order valence-corrected chi connectivity index (χ3v) is 3.73. The third-order valence-electron chi connectivity index (χ3n) is 3.73. The standard InChI is InChI=1S/C17H21N3O/c21-17(20-16-5-6-16)2-1-8-18-11-13-3-4-15-12-19-9-7-14(15)10-13/h3-4,7,9-10,12,16,18H,1-2,5-6,8,11H2,(H,20,21). The topological polar surface area (TPSA) is 54.0 Å². The number of benzene rings is 1. The number of fused-ring (bicyclic) bond motifs is 1. The zero-order valence-electron chi connectivity index (χ0n) is 12.1. The van der Waals surface area contributed by atoms with Gasteiger partial charge in [0.15, 0.2) is 0 Å². The zero-order valence-corrected chi connectivity index (χ0v) is 12.1. The van der Waals surface area contributed by atoms with Gasteiger partial charge in [-0.05, 0) is 48.9 Å². The van der Waals surface area contributed by atoms with Crippen LogP contribution in [0, 0.1) is 0 Å². The van der Waals surface area contributed by atoms with Crippen molar-refractivity contribution >= 4 is 16.7 Å². The molecule has 0 radical (unpaired) electrons. The lowest BCUT2D eigenvalue weighted by Gasteiger charge is -2.06. The number of hydrogen-bond donors (Lipinski definition) is 2. The normalized spacial score (nSPS) is 14.3. The molecule has 0 aliphatic heterocycles. The molecule has 4 heteroatoms. The molecular formula is C17H21N3O. The molecule has 4 nitrogen and oxygen atoms in total. The first-order valence-corrected chi connectivity index (χ1v) is 7.64. The molecule has 1 heterocycles. The Balaban J connectivity index is 1.38. The van der Waals surface area contributed by atoms with Gasteiger partial charge in [0.05, 0.1) is 0 Å². The molecular weight excluding hydrogens is 262 g/mol. The second-order valence-electron chi connectivity index (χ2n) is 5.68. The van der Waals surface area contributed by atoms with Crippen LogP contribution in [0.25, 0.3) is 10.8 Å². The van der Waals surface area contributed by atoms with Crippen molar-refractivity contribution in [2.24, 2.45) is 0 Å². The molecule has 1 fully saturated rings. The predicted octanol–water partition coefficient (Wildman–Crippen LogP) is 2.38. The van der Waals surface area contributed by atoms with Crippen LogP contribution in [0.4, 0.5) is 0 Å². The zero-order chi connectivity index (χ0) is 14.5. The minimum Gasteiger partial charge on any atom is -0.353 e. The van der Waals surface area contributed by atoms with Crippen molar-refractivity contribution in [3.8, 4) is 0 Å². The van der Waals surface area contributed by atoms with E-state index < -0.39 is 0 Å². The van der Waals surface area contributed by atoms with E-state index in [1.807, 2.05) is 18.5 Å². The van der Waals surface area contributed by atoms with Crippen molar-refractivity contribution in [1.82, 2.24) is 15.6 Å². The summed E-state index contributed by atoms with van der Waals surface area (Å²) >= 11 is 0. The minimum absolute atomic E-state index is 0.192. The molecule has 0 saturated heterocycles. The number of amides is 1. The van der Waals surface area contributed by atoms with Gasteiger partial charge in [-0.1, -0.05) is 12.1 Å². The molecule has 1 amide bonds. The first-order chi connectivity index (χ1) is 10.3. The van der Waals surface area contributed by atoms with Crippen LogP contribution in [0.2, 0.25) is 0 Å². The largest absolute Gasteiger partial charge is 0.353 e. The van der Waals surface area contributed by atoms with Crippen molar-refractivity contribution in [3.05, 3.63) is 42.2 Å². The summed E-state index contributed by atoms with van der Waals surface area (Å²) in [6.07, 6.45) is 7.51. The van der Waals surface area contributed by atoms with Crippen LogP contribution >= 0.6 is 0 Å². The first kappa shape index (κ1) is 14.0. The molecule has 2 aromatic rings. The van der Waals surface area contributed by atoms with Crippen LogP contribution in [0.15, 0.2) is 36.7 Å². The van der Waals surface area contributed by atoms with E-state index in [4.69, 9.17) is 0 Å². The smallest absolute Gasteiger partial charge is 0.220 e. The van der Waals surface area contributed by atoms with E-state index >= 15 is 0 Å². The molecule has 0 unspecified atom stereocenters. The molecule has 3 rings (SSSR count). The quantitative estimate of drug-likeness (QED) is 0.767. The number of aromatic nitrogens is 1. The van der Waals surface area contributed by atoms with Gasteiger partial charge in [-0.25, -0.2) is 0 Å². The Bertz CT molecular complexity index is 622. The van der Waals surface area contributed by atoms with Crippen LogP contribution in [0.1, 0.15) is 31.2 Å². The molecule has 0 bridgehead atoms. The van der Waals surface area contributed by atoms with Crippen molar-refractivity contribution in [2.45, 2.75) is 38.3 Å². The van der Waals surface area contributed by atoms with Crippen molar-refractivity contribution in [2.75, 3.05) is 6.54 Å². The molecule has 1 saturated carbocycles. The summed E-state index contributed by atoms with van der Waals surface area (Å²) in [4.78, 5) is 15.6. The van der Waals surface area contributed by atoms with E-state index in [2.05, 4.69) is 33.8 Å². The average molecular weight is 283 g/mol. The lowest BCUT2D eigenvalue weighted by Crippen LogP contribution is -2.26. The summed E-state index contributed by atoms with van der Waals surface area (Å²) in [6.45, 7) is 1.70. The van der Waals surface area contributed by atoms with Crippen LogP contribution in [-0.4, -0.2) is 23.5 Å². The van der Waals surface area contributed by atoms with Gasteiger partial charge in [-0.2, -0.15) is 0 Å². The van der Waals surface area contributed by atoms with Gasteiger partial charge in [-0.15, -0.1) is 0 Å². The maximum absolute atomic E-state index is 11.5. The molecule has 2 N–H and O–H groups in total. The maximum Gasteiger partial charge on any atom is 0.220 e. The van der Waals surface area contributed by atoms with Crippen LogP contribution < -0.4 is 10.6 Å². The van der Waals surface area contributed by atoms with Gasteiger partial charge in [0, 0.05) is 36.8 Å². The number of nitrogens with zero attached hydrogens (tertiary/aromatic N) is 1. The lowest BCUT2D eigenvalue weighted by atomic mass is 10.1. The maximum atomic E-state index is 11.5. The number of rotatable bonds is 7. The van der Waals surface area contributed by atoms with Gasteiger partial charge >= 0.3 is 0 Å². The molecule has 0 spiro atoms. The van der Waals surface area contributed by atoms with E-state index in [0.717, 1.165) is 37.7 Å². The fraction of sp³-hybridized carbons (Fsp3) is 0.412. The fourth-order valence-corrected chi connectivity index (χ4v) is 2.38. The highest BCUT2D eigenvalue weighted by atomic mass is 16.1. The SMILES string of the molecule is O=C(CCCNCc1ccc2cnccc2c1)NC1CC1. The highest BCUT2D eigenvalue weighted by Crippen LogP contribution is 2.18. The van der Waals surface area contributed by atoms with E-state index in [1.54, 1.807) is 0 Å². The number of carbonyl (C=O) groups excluding carboxylic acids is 1. The molecule has 1 aromatic carbocycles. The lowest BCUT2D eigenvalue weighted by molar-refractivity contribution is -0.121. The first-order valence-electron chi connectivity index (χ1n) is 7.64. The van der Waals surface area contributed by atoms with Gasteiger partial charge in [0.2, 0.25) is 5.91 Å². The Kier molecular flexibility index (Phi) is 4.46. The number of carbonyl (C=O) groups is 1.